The van der Waals surface area contributed by atoms with Gasteiger partial charge in [0.25, 0.3) is 5.91 Å². The van der Waals surface area contributed by atoms with Crippen LogP contribution < -0.4 is 10.6 Å². The van der Waals surface area contributed by atoms with Crippen molar-refractivity contribution in [3.63, 3.8) is 0 Å². The summed E-state index contributed by atoms with van der Waals surface area (Å²) in [4.78, 5) is 15.9. The molecule has 0 atom stereocenters. The number of hydrogen-bond donors (Lipinski definition) is 2. The molecule has 1 heterocycles. The summed E-state index contributed by atoms with van der Waals surface area (Å²) in [5.41, 5.74) is -0.835. The van der Waals surface area contributed by atoms with E-state index in [9.17, 15) is 18.0 Å². The van der Waals surface area contributed by atoms with E-state index in [4.69, 9.17) is 11.6 Å². The van der Waals surface area contributed by atoms with Gasteiger partial charge < -0.3 is 10.6 Å². The van der Waals surface area contributed by atoms with Gasteiger partial charge in [0, 0.05) is 19.2 Å². The monoisotopic (exact) mass is 315 g/mol. The van der Waals surface area contributed by atoms with Gasteiger partial charge in [-0.25, -0.2) is 18.2 Å². The maximum atomic E-state index is 13.5. The van der Waals surface area contributed by atoms with Crippen LogP contribution in [0.2, 0.25) is 5.02 Å². The fraction of sp³-hybridized carbons (Fsp3) is 0.0769. The zero-order chi connectivity index (χ0) is 15.6. The molecule has 0 aliphatic carbocycles. The largest absolute Gasteiger partial charge is 0.373 e. The van der Waals surface area contributed by atoms with Gasteiger partial charge in [0.15, 0.2) is 11.6 Å². The first kappa shape index (κ1) is 15.1. The number of anilines is 2. The van der Waals surface area contributed by atoms with Crippen molar-refractivity contribution in [1.82, 2.24) is 4.98 Å². The van der Waals surface area contributed by atoms with Crippen LogP contribution in [0.3, 0.4) is 0 Å². The highest BCUT2D eigenvalue weighted by atomic mass is 35.5. The van der Waals surface area contributed by atoms with Gasteiger partial charge in [-0.2, -0.15) is 0 Å². The Bertz CT molecular complexity index is 709. The van der Waals surface area contributed by atoms with E-state index in [2.05, 4.69) is 10.3 Å². The SMILES string of the molecule is CNc1ccc(Cl)c(C(=O)Nc2cc(F)cc(F)c2F)n1. The summed E-state index contributed by atoms with van der Waals surface area (Å²) in [7, 11) is 1.58. The maximum absolute atomic E-state index is 13.5. The van der Waals surface area contributed by atoms with Gasteiger partial charge in [0.05, 0.1) is 10.7 Å². The summed E-state index contributed by atoms with van der Waals surface area (Å²) in [6.07, 6.45) is 0. The lowest BCUT2D eigenvalue weighted by molar-refractivity contribution is 0.102. The molecule has 2 N–H and O–H groups in total. The third-order valence-corrected chi connectivity index (χ3v) is 2.86. The van der Waals surface area contributed by atoms with Crippen LogP contribution in [0.5, 0.6) is 0 Å². The minimum absolute atomic E-state index is 0.0174. The molecule has 1 aromatic heterocycles. The molecule has 1 amide bonds. The van der Waals surface area contributed by atoms with Gasteiger partial charge in [0.2, 0.25) is 0 Å². The standard InChI is InChI=1S/C13H9ClF3N3O/c1-18-10-3-2-7(14)12(20-10)13(21)19-9-5-6(15)4-8(16)11(9)17/h2-5H,1H3,(H,18,20)(H,19,21). The van der Waals surface area contributed by atoms with Crippen LogP contribution in [0.1, 0.15) is 10.5 Å². The number of benzene rings is 1. The molecule has 0 spiro atoms. The third-order valence-electron chi connectivity index (χ3n) is 2.56. The molecule has 1 aromatic carbocycles. The average Bonchev–Trinajstić information content (AvgIpc) is 2.44. The first-order valence-corrected chi connectivity index (χ1v) is 6.10. The van der Waals surface area contributed by atoms with E-state index in [-0.39, 0.29) is 10.7 Å². The van der Waals surface area contributed by atoms with E-state index in [0.717, 1.165) is 0 Å². The highest BCUT2D eigenvalue weighted by Crippen LogP contribution is 2.22. The van der Waals surface area contributed by atoms with Crippen LogP contribution in [-0.4, -0.2) is 17.9 Å². The zero-order valence-electron chi connectivity index (χ0n) is 10.7. The fourth-order valence-corrected chi connectivity index (χ4v) is 1.76. The second-order valence-corrected chi connectivity index (χ2v) is 4.39. The topological polar surface area (TPSA) is 54.0 Å². The van der Waals surface area contributed by atoms with Crippen LogP contribution in [-0.2, 0) is 0 Å². The molecule has 0 aliphatic heterocycles. The number of aromatic nitrogens is 1. The Morgan fingerprint density at radius 3 is 2.62 bits per heavy atom. The number of halogens is 4. The summed E-state index contributed by atoms with van der Waals surface area (Å²) in [6, 6.07) is 3.98. The smallest absolute Gasteiger partial charge is 0.275 e. The lowest BCUT2D eigenvalue weighted by Gasteiger charge is -2.09. The van der Waals surface area contributed by atoms with E-state index >= 15 is 0 Å². The van der Waals surface area contributed by atoms with E-state index in [1.165, 1.54) is 12.1 Å². The van der Waals surface area contributed by atoms with E-state index in [1.54, 1.807) is 7.05 Å². The Labute approximate surface area is 122 Å². The Hall–Kier alpha value is -2.28. The Kier molecular flexibility index (Phi) is 4.32. The molecule has 2 aromatic rings. The van der Waals surface area contributed by atoms with E-state index < -0.39 is 29.0 Å². The molecule has 110 valence electrons. The molecule has 8 heteroatoms. The van der Waals surface area contributed by atoms with Gasteiger partial charge in [-0.15, -0.1) is 0 Å². The fourth-order valence-electron chi connectivity index (χ4n) is 1.57. The normalized spacial score (nSPS) is 10.3. The second kappa shape index (κ2) is 6.01. The van der Waals surface area contributed by atoms with Crippen LogP contribution in [0.15, 0.2) is 24.3 Å². The van der Waals surface area contributed by atoms with Crippen molar-refractivity contribution >= 4 is 29.0 Å². The molecule has 0 radical (unpaired) electrons. The van der Waals surface area contributed by atoms with Crippen LogP contribution >= 0.6 is 11.6 Å². The Morgan fingerprint density at radius 2 is 1.95 bits per heavy atom. The Morgan fingerprint density at radius 1 is 1.24 bits per heavy atom. The summed E-state index contributed by atoms with van der Waals surface area (Å²) in [5, 5.41) is 4.75. The zero-order valence-corrected chi connectivity index (χ0v) is 11.4. The van der Waals surface area contributed by atoms with Crippen LogP contribution in [0, 0.1) is 17.5 Å². The minimum atomic E-state index is -1.41. The number of carbonyl (C=O) groups is 1. The summed E-state index contributed by atoms with van der Waals surface area (Å²) in [5.74, 6) is -4.33. The molecule has 4 nitrogen and oxygen atoms in total. The van der Waals surface area contributed by atoms with Gasteiger partial charge in [-0.1, -0.05) is 11.6 Å². The predicted octanol–water partition coefficient (Wildman–Crippen LogP) is 3.45. The lowest BCUT2D eigenvalue weighted by atomic mass is 10.2. The van der Waals surface area contributed by atoms with Crippen molar-refractivity contribution < 1.29 is 18.0 Å². The first-order chi connectivity index (χ1) is 9.92. The second-order valence-electron chi connectivity index (χ2n) is 3.98. The molecule has 0 aliphatic rings. The van der Waals surface area contributed by atoms with E-state index in [0.29, 0.717) is 18.0 Å². The van der Waals surface area contributed by atoms with Crippen LogP contribution in [0.25, 0.3) is 0 Å². The predicted molar refractivity (Wildman–Crippen MR) is 73.1 cm³/mol. The molecule has 0 unspecified atom stereocenters. The molecule has 2 rings (SSSR count). The van der Waals surface area contributed by atoms with Crippen molar-refractivity contribution in [2.24, 2.45) is 0 Å². The molecular weight excluding hydrogens is 307 g/mol. The van der Waals surface area contributed by atoms with Crippen LogP contribution in [0.4, 0.5) is 24.7 Å². The summed E-state index contributed by atoms with van der Waals surface area (Å²) >= 11 is 5.82. The molecule has 21 heavy (non-hydrogen) atoms. The number of rotatable bonds is 3. The number of nitrogens with one attached hydrogen (secondary N) is 2. The lowest BCUT2D eigenvalue weighted by Crippen LogP contribution is -2.16. The van der Waals surface area contributed by atoms with Crippen molar-refractivity contribution in [1.29, 1.82) is 0 Å². The van der Waals surface area contributed by atoms with Gasteiger partial charge in [-0.05, 0) is 12.1 Å². The van der Waals surface area contributed by atoms with Crippen molar-refractivity contribution in [3.8, 4) is 0 Å². The number of amides is 1. The highest BCUT2D eigenvalue weighted by Gasteiger charge is 2.17. The molecule has 0 saturated carbocycles. The minimum Gasteiger partial charge on any atom is -0.373 e. The van der Waals surface area contributed by atoms with Gasteiger partial charge in [-0.3, -0.25) is 4.79 Å². The van der Waals surface area contributed by atoms with Gasteiger partial charge >= 0.3 is 0 Å². The van der Waals surface area contributed by atoms with Crippen molar-refractivity contribution in [2.75, 3.05) is 17.7 Å². The summed E-state index contributed by atoms with van der Waals surface area (Å²) < 4.78 is 39.6. The Balaban J connectivity index is 2.34. The van der Waals surface area contributed by atoms with E-state index in [1.807, 2.05) is 5.32 Å². The number of nitrogens with zero attached hydrogens (tertiary/aromatic N) is 1. The molecule has 0 saturated heterocycles. The van der Waals surface area contributed by atoms with Gasteiger partial charge in [0.1, 0.15) is 17.3 Å². The number of pyridine rings is 1. The molecular formula is C13H9ClF3N3O. The maximum Gasteiger partial charge on any atom is 0.275 e. The quantitative estimate of drug-likeness (QED) is 0.853. The van der Waals surface area contributed by atoms with Crippen molar-refractivity contribution in [2.45, 2.75) is 0 Å². The molecule has 0 fully saturated rings. The van der Waals surface area contributed by atoms with Crippen molar-refractivity contribution in [3.05, 3.63) is 52.4 Å². The number of carbonyl (C=O) groups excluding carboxylic acids is 1. The first-order valence-electron chi connectivity index (χ1n) is 5.72. The number of hydrogen-bond acceptors (Lipinski definition) is 3. The summed E-state index contributed by atoms with van der Waals surface area (Å²) in [6.45, 7) is 0. The third kappa shape index (κ3) is 3.25. The highest BCUT2D eigenvalue weighted by molar-refractivity contribution is 6.34. The molecule has 0 bridgehead atoms. The average molecular weight is 316 g/mol.